The van der Waals surface area contributed by atoms with Crippen molar-refractivity contribution in [2.24, 2.45) is 0 Å². The van der Waals surface area contributed by atoms with Crippen LogP contribution in [0.3, 0.4) is 0 Å². The monoisotopic (exact) mass is 469 g/mol. The number of aromatic nitrogens is 2. The standard InChI is InChI=1S/C26H29Cl2N3O/c1-18-25(24-17-30(15-16-32-24)21-7-3-2-4-8-21)29-31(23-10-6-5-9-22(23)28)26(18)19-11-13-20(27)14-12-19/h5-6,9-14,21,24H,2-4,7-8,15-17H2,1H3. The Balaban J connectivity index is 1.55. The summed E-state index contributed by atoms with van der Waals surface area (Å²) in [6.45, 7) is 4.79. The van der Waals surface area contributed by atoms with Gasteiger partial charge in [-0.05, 0) is 44.0 Å². The van der Waals surface area contributed by atoms with Crippen LogP contribution in [-0.2, 0) is 4.74 Å². The van der Waals surface area contributed by atoms with Crippen LogP contribution < -0.4 is 0 Å². The molecule has 32 heavy (non-hydrogen) atoms. The number of morpholine rings is 1. The molecule has 4 nitrogen and oxygen atoms in total. The van der Waals surface area contributed by atoms with Gasteiger partial charge in [0.05, 0.1) is 28.7 Å². The highest BCUT2D eigenvalue weighted by Crippen LogP contribution is 2.36. The van der Waals surface area contributed by atoms with Crippen LogP contribution in [0.4, 0.5) is 0 Å². The minimum Gasteiger partial charge on any atom is -0.369 e. The summed E-state index contributed by atoms with van der Waals surface area (Å²) in [5.41, 5.74) is 5.08. The van der Waals surface area contributed by atoms with Gasteiger partial charge in [-0.3, -0.25) is 4.90 Å². The molecule has 2 fully saturated rings. The van der Waals surface area contributed by atoms with Gasteiger partial charge in [0.15, 0.2) is 0 Å². The van der Waals surface area contributed by atoms with Gasteiger partial charge < -0.3 is 4.74 Å². The Hall–Kier alpha value is -1.85. The van der Waals surface area contributed by atoms with Gasteiger partial charge in [0, 0.05) is 35.3 Å². The Morgan fingerprint density at radius 1 is 0.969 bits per heavy atom. The summed E-state index contributed by atoms with van der Waals surface area (Å²) in [5.74, 6) is 0. The highest BCUT2D eigenvalue weighted by atomic mass is 35.5. The predicted molar refractivity (Wildman–Crippen MR) is 131 cm³/mol. The quantitative estimate of drug-likeness (QED) is 0.417. The molecule has 0 N–H and O–H groups in total. The van der Waals surface area contributed by atoms with Crippen LogP contribution in [0.15, 0.2) is 48.5 Å². The van der Waals surface area contributed by atoms with Crippen molar-refractivity contribution in [3.05, 3.63) is 69.8 Å². The first-order valence-electron chi connectivity index (χ1n) is 11.6. The summed E-state index contributed by atoms with van der Waals surface area (Å²) in [5, 5.41) is 6.48. The van der Waals surface area contributed by atoms with Crippen LogP contribution >= 0.6 is 23.2 Å². The van der Waals surface area contributed by atoms with Crippen LogP contribution in [-0.4, -0.2) is 40.4 Å². The van der Waals surface area contributed by atoms with E-state index in [1.807, 2.05) is 53.2 Å². The molecule has 2 heterocycles. The molecular weight excluding hydrogens is 441 g/mol. The second-order valence-corrected chi connectivity index (χ2v) is 9.72. The van der Waals surface area contributed by atoms with Gasteiger partial charge >= 0.3 is 0 Å². The lowest BCUT2D eigenvalue weighted by atomic mass is 9.93. The largest absolute Gasteiger partial charge is 0.369 e. The Morgan fingerprint density at radius 3 is 2.47 bits per heavy atom. The third-order valence-electron chi connectivity index (χ3n) is 6.85. The lowest BCUT2D eigenvalue weighted by Gasteiger charge is -2.39. The van der Waals surface area contributed by atoms with Gasteiger partial charge in [0.1, 0.15) is 6.10 Å². The molecule has 0 spiro atoms. The number of rotatable bonds is 4. The van der Waals surface area contributed by atoms with Gasteiger partial charge in [-0.1, -0.05) is 66.7 Å². The van der Waals surface area contributed by atoms with Crippen molar-refractivity contribution >= 4 is 23.2 Å². The fourth-order valence-electron chi connectivity index (χ4n) is 5.18. The van der Waals surface area contributed by atoms with Crippen molar-refractivity contribution in [3.63, 3.8) is 0 Å². The second kappa shape index (κ2) is 9.56. The van der Waals surface area contributed by atoms with E-state index >= 15 is 0 Å². The molecule has 1 atom stereocenters. The molecule has 1 aromatic heterocycles. The average molecular weight is 470 g/mol. The van der Waals surface area contributed by atoms with E-state index < -0.39 is 0 Å². The lowest BCUT2D eigenvalue weighted by molar-refractivity contribution is -0.0520. The van der Waals surface area contributed by atoms with E-state index in [1.165, 1.54) is 32.1 Å². The molecule has 168 valence electrons. The summed E-state index contributed by atoms with van der Waals surface area (Å²) < 4.78 is 8.26. The van der Waals surface area contributed by atoms with Crippen LogP contribution in [0.5, 0.6) is 0 Å². The van der Waals surface area contributed by atoms with Gasteiger partial charge in [0.2, 0.25) is 0 Å². The Bertz CT molecular complexity index is 1070. The van der Waals surface area contributed by atoms with Crippen molar-refractivity contribution in [1.82, 2.24) is 14.7 Å². The zero-order valence-corrected chi connectivity index (χ0v) is 19.9. The van der Waals surface area contributed by atoms with Crippen LogP contribution in [0.25, 0.3) is 16.9 Å². The van der Waals surface area contributed by atoms with Gasteiger partial charge in [-0.15, -0.1) is 0 Å². The molecule has 2 aromatic carbocycles. The highest BCUT2D eigenvalue weighted by Gasteiger charge is 2.32. The number of para-hydroxylation sites is 1. The summed E-state index contributed by atoms with van der Waals surface area (Å²) in [4.78, 5) is 2.63. The van der Waals surface area contributed by atoms with E-state index in [1.54, 1.807) is 0 Å². The molecule has 3 aromatic rings. The highest BCUT2D eigenvalue weighted by molar-refractivity contribution is 6.32. The summed E-state index contributed by atoms with van der Waals surface area (Å²) in [7, 11) is 0. The zero-order chi connectivity index (χ0) is 22.1. The van der Waals surface area contributed by atoms with Gasteiger partial charge in [-0.25, -0.2) is 4.68 Å². The van der Waals surface area contributed by atoms with E-state index in [2.05, 4.69) is 11.8 Å². The Morgan fingerprint density at radius 2 is 1.72 bits per heavy atom. The maximum Gasteiger partial charge on any atom is 0.114 e. The Labute approximate surface area is 200 Å². The van der Waals surface area contributed by atoms with Gasteiger partial charge in [-0.2, -0.15) is 5.10 Å². The number of halogens is 2. The fourth-order valence-corrected chi connectivity index (χ4v) is 5.52. The molecule has 1 saturated carbocycles. The topological polar surface area (TPSA) is 30.3 Å². The van der Waals surface area contributed by atoms with Crippen LogP contribution in [0, 0.1) is 6.92 Å². The normalized spacial score (nSPS) is 20.5. The summed E-state index contributed by atoms with van der Waals surface area (Å²) >= 11 is 12.8. The van der Waals surface area contributed by atoms with E-state index in [4.69, 9.17) is 33.0 Å². The van der Waals surface area contributed by atoms with Crippen molar-refractivity contribution in [2.75, 3.05) is 19.7 Å². The number of benzene rings is 2. The third kappa shape index (κ3) is 4.34. The minimum atomic E-state index is -0.0412. The first-order valence-corrected chi connectivity index (χ1v) is 12.3. The Kier molecular flexibility index (Phi) is 6.56. The van der Waals surface area contributed by atoms with Crippen molar-refractivity contribution in [1.29, 1.82) is 0 Å². The number of hydrogen-bond acceptors (Lipinski definition) is 3. The molecule has 6 heteroatoms. The van der Waals surface area contributed by atoms with E-state index in [0.717, 1.165) is 47.9 Å². The first kappa shape index (κ1) is 22.0. The van der Waals surface area contributed by atoms with Crippen LogP contribution in [0.2, 0.25) is 10.0 Å². The molecular formula is C26H29Cl2N3O. The zero-order valence-electron chi connectivity index (χ0n) is 18.4. The van der Waals surface area contributed by atoms with E-state index in [0.29, 0.717) is 16.1 Å². The molecule has 5 rings (SSSR count). The third-order valence-corrected chi connectivity index (χ3v) is 7.42. The van der Waals surface area contributed by atoms with Crippen LogP contribution in [0.1, 0.15) is 49.5 Å². The van der Waals surface area contributed by atoms with E-state index in [-0.39, 0.29) is 6.10 Å². The van der Waals surface area contributed by atoms with Crippen molar-refractivity contribution < 1.29 is 4.74 Å². The van der Waals surface area contributed by atoms with Gasteiger partial charge in [0.25, 0.3) is 0 Å². The van der Waals surface area contributed by atoms with Crippen molar-refractivity contribution in [3.8, 4) is 16.9 Å². The minimum absolute atomic E-state index is 0.0412. The smallest absolute Gasteiger partial charge is 0.114 e. The number of ether oxygens (including phenoxy) is 1. The lowest BCUT2D eigenvalue weighted by Crippen LogP contribution is -2.45. The maximum atomic E-state index is 6.59. The summed E-state index contributed by atoms with van der Waals surface area (Å²) in [6, 6.07) is 16.4. The second-order valence-electron chi connectivity index (χ2n) is 8.88. The molecule has 1 aliphatic heterocycles. The average Bonchev–Trinajstić information content (AvgIpc) is 3.17. The number of hydrogen-bond donors (Lipinski definition) is 0. The number of nitrogens with zero attached hydrogens (tertiary/aromatic N) is 3. The summed E-state index contributed by atoms with van der Waals surface area (Å²) in [6.07, 6.45) is 6.61. The molecule has 1 aliphatic carbocycles. The molecule has 0 bridgehead atoms. The molecule has 0 radical (unpaired) electrons. The maximum absolute atomic E-state index is 6.59. The van der Waals surface area contributed by atoms with Crippen molar-refractivity contribution in [2.45, 2.75) is 51.2 Å². The molecule has 0 amide bonds. The van der Waals surface area contributed by atoms with E-state index in [9.17, 15) is 0 Å². The fraction of sp³-hybridized carbons (Fsp3) is 0.423. The molecule has 1 unspecified atom stereocenters. The first-order chi connectivity index (χ1) is 15.6. The SMILES string of the molecule is Cc1c(C2CN(C3CCCCC3)CCO2)nn(-c2ccccc2Cl)c1-c1ccc(Cl)cc1. The predicted octanol–water partition coefficient (Wildman–Crippen LogP) is 6.86. The molecule has 2 aliphatic rings. The molecule has 1 saturated heterocycles.